The zero-order valence-corrected chi connectivity index (χ0v) is 17.6. The number of hydrogen-bond donors (Lipinski definition) is 2. The van der Waals surface area contributed by atoms with Gasteiger partial charge in [0.05, 0.1) is 5.69 Å². The Bertz CT molecular complexity index is 816. The molecule has 1 aliphatic rings. The molecular weight excluding hydrogens is 400 g/mol. The van der Waals surface area contributed by atoms with Crippen LogP contribution >= 0.6 is 11.6 Å². The summed E-state index contributed by atoms with van der Waals surface area (Å²) in [4.78, 5) is 53.8. The maximum absolute atomic E-state index is 12.6. The summed E-state index contributed by atoms with van der Waals surface area (Å²) < 4.78 is 5.06. The highest BCUT2D eigenvalue weighted by Crippen LogP contribution is 2.24. The molecule has 1 aromatic rings. The van der Waals surface area contributed by atoms with Gasteiger partial charge in [-0.1, -0.05) is 25.4 Å². The number of carbonyl (C=O) groups excluding carboxylic acids is 4. The number of carbonyl (C=O) groups is 4. The van der Waals surface area contributed by atoms with Crippen molar-refractivity contribution in [2.75, 3.05) is 11.9 Å². The first kappa shape index (κ1) is 22.6. The third kappa shape index (κ3) is 5.66. The van der Waals surface area contributed by atoms with Gasteiger partial charge in [0.2, 0.25) is 0 Å². The van der Waals surface area contributed by atoms with Gasteiger partial charge < -0.3 is 15.4 Å². The Morgan fingerprint density at radius 2 is 2.03 bits per heavy atom. The first-order valence-corrected chi connectivity index (χ1v) is 9.66. The molecule has 2 rings (SSSR count). The van der Waals surface area contributed by atoms with Crippen LogP contribution in [0, 0.1) is 5.92 Å². The number of esters is 1. The summed E-state index contributed by atoms with van der Waals surface area (Å²) in [5, 5.41) is 5.23. The Hall–Kier alpha value is -2.68. The van der Waals surface area contributed by atoms with E-state index in [9.17, 15) is 19.2 Å². The number of ether oxygens (including phenoxy) is 1. The molecule has 2 N–H and O–H groups in total. The first-order chi connectivity index (χ1) is 13.5. The van der Waals surface area contributed by atoms with E-state index >= 15 is 0 Å². The number of anilines is 1. The number of amides is 4. The number of rotatable bonds is 8. The SMILES string of the molecule is CC(C)CC[C@@]1(C)NC(=O)N(CC(=O)O[C@@H](C)C(=O)Nc2cccnc2Cl)C1=O. The second kappa shape index (κ2) is 9.21. The van der Waals surface area contributed by atoms with Gasteiger partial charge in [0, 0.05) is 6.20 Å². The second-order valence-corrected chi connectivity index (χ2v) is 7.91. The lowest BCUT2D eigenvalue weighted by Crippen LogP contribution is -2.44. The van der Waals surface area contributed by atoms with E-state index in [0.29, 0.717) is 12.3 Å². The van der Waals surface area contributed by atoms with Crippen LogP contribution in [0.1, 0.15) is 40.5 Å². The van der Waals surface area contributed by atoms with Crippen molar-refractivity contribution in [3.05, 3.63) is 23.5 Å². The lowest BCUT2D eigenvalue weighted by Gasteiger charge is -2.22. The molecule has 0 radical (unpaired) electrons. The third-order valence-corrected chi connectivity index (χ3v) is 4.85. The highest BCUT2D eigenvalue weighted by atomic mass is 35.5. The van der Waals surface area contributed by atoms with Gasteiger partial charge in [-0.05, 0) is 44.7 Å². The smallest absolute Gasteiger partial charge is 0.327 e. The van der Waals surface area contributed by atoms with Crippen molar-refractivity contribution in [2.24, 2.45) is 5.92 Å². The van der Waals surface area contributed by atoms with Gasteiger partial charge in [0.1, 0.15) is 12.1 Å². The molecule has 0 unspecified atom stereocenters. The number of imide groups is 1. The lowest BCUT2D eigenvalue weighted by molar-refractivity contribution is -0.155. The van der Waals surface area contributed by atoms with Crippen LogP contribution in [0.25, 0.3) is 0 Å². The maximum Gasteiger partial charge on any atom is 0.327 e. The number of nitrogens with zero attached hydrogens (tertiary/aromatic N) is 2. The Morgan fingerprint density at radius 1 is 1.34 bits per heavy atom. The first-order valence-electron chi connectivity index (χ1n) is 9.28. The van der Waals surface area contributed by atoms with Crippen LogP contribution in [0.3, 0.4) is 0 Å². The number of halogens is 1. The molecule has 0 aliphatic carbocycles. The number of hydrogen-bond acceptors (Lipinski definition) is 6. The average molecular weight is 425 g/mol. The van der Waals surface area contributed by atoms with E-state index in [0.717, 1.165) is 11.3 Å². The molecule has 2 atom stereocenters. The van der Waals surface area contributed by atoms with Crippen molar-refractivity contribution in [1.29, 1.82) is 0 Å². The molecule has 10 heteroatoms. The molecule has 0 aromatic carbocycles. The number of pyridine rings is 1. The average Bonchev–Trinajstić information content (AvgIpc) is 2.85. The van der Waals surface area contributed by atoms with Gasteiger partial charge in [-0.15, -0.1) is 0 Å². The van der Waals surface area contributed by atoms with Crippen molar-refractivity contribution in [2.45, 2.75) is 52.2 Å². The summed E-state index contributed by atoms with van der Waals surface area (Å²) in [6.45, 7) is 6.47. The summed E-state index contributed by atoms with van der Waals surface area (Å²) in [6, 6.07) is 2.48. The lowest BCUT2D eigenvalue weighted by atomic mass is 9.92. The Morgan fingerprint density at radius 3 is 2.66 bits per heavy atom. The van der Waals surface area contributed by atoms with Crippen molar-refractivity contribution in [3.8, 4) is 0 Å². The molecule has 0 saturated carbocycles. The van der Waals surface area contributed by atoms with Gasteiger partial charge in [-0.3, -0.25) is 19.3 Å². The Balaban J connectivity index is 1.92. The molecule has 2 heterocycles. The van der Waals surface area contributed by atoms with E-state index in [4.69, 9.17) is 16.3 Å². The summed E-state index contributed by atoms with van der Waals surface area (Å²) in [6.07, 6.45) is 1.52. The van der Waals surface area contributed by atoms with Crippen LogP contribution in [0.15, 0.2) is 18.3 Å². The fourth-order valence-corrected chi connectivity index (χ4v) is 2.93. The van der Waals surface area contributed by atoms with Gasteiger partial charge in [0.25, 0.3) is 11.8 Å². The molecule has 0 bridgehead atoms. The molecule has 4 amide bonds. The van der Waals surface area contributed by atoms with Crippen LogP contribution in [0.2, 0.25) is 5.15 Å². The Labute approximate surface area is 174 Å². The fraction of sp³-hybridized carbons (Fsp3) is 0.526. The van der Waals surface area contributed by atoms with Gasteiger partial charge in [0.15, 0.2) is 11.3 Å². The van der Waals surface area contributed by atoms with E-state index < -0.39 is 42.0 Å². The van der Waals surface area contributed by atoms with Crippen molar-refractivity contribution in [1.82, 2.24) is 15.2 Å². The molecule has 1 saturated heterocycles. The van der Waals surface area contributed by atoms with Crippen LogP contribution in [-0.2, 0) is 19.1 Å². The molecule has 1 aromatic heterocycles. The van der Waals surface area contributed by atoms with Crippen molar-refractivity contribution >= 4 is 41.1 Å². The molecule has 29 heavy (non-hydrogen) atoms. The van der Waals surface area contributed by atoms with Crippen molar-refractivity contribution < 1.29 is 23.9 Å². The van der Waals surface area contributed by atoms with E-state index in [1.165, 1.54) is 13.1 Å². The predicted octanol–water partition coefficient (Wildman–Crippen LogP) is 2.35. The van der Waals surface area contributed by atoms with Crippen LogP contribution in [0.4, 0.5) is 10.5 Å². The van der Waals surface area contributed by atoms with Crippen LogP contribution < -0.4 is 10.6 Å². The van der Waals surface area contributed by atoms with Gasteiger partial charge in [-0.2, -0.15) is 0 Å². The Kier molecular flexibility index (Phi) is 7.18. The zero-order chi connectivity index (χ0) is 21.8. The van der Waals surface area contributed by atoms with Crippen LogP contribution in [-0.4, -0.2) is 51.9 Å². The zero-order valence-electron chi connectivity index (χ0n) is 16.8. The number of urea groups is 1. The highest BCUT2D eigenvalue weighted by molar-refractivity contribution is 6.32. The summed E-state index contributed by atoms with van der Waals surface area (Å²) in [7, 11) is 0. The molecule has 1 aliphatic heterocycles. The summed E-state index contributed by atoms with van der Waals surface area (Å²) in [5.41, 5.74) is -0.779. The second-order valence-electron chi connectivity index (χ2n) is 7.55. The normalized spacial score (nSPS) is 19.9. The van der Waals surface area contributed by atoms with E-state index in [2.05, 4.69) is 15.6 Å². The standard InChI is InChI=1S/C19H25ClN4O5/c1-11(2)7-8-19(4)17(27)24(18(28)23-19)10-14(25)29-12(3)16(26)22-13-6-5-9-21-15(13)20/h5-6,9,11-12H,7-8,10H2,1-4H3,(H,22,26)(H,23,28)/t12-,19+/m0/s1. The molecule has 9 nitrogen and oxygen atoms in total. The van der Waals surface area contributed by atoms with Gasteiger partial charge in [-0.25, -0.2) is 9.78 Å². The minimum absolute atomic E-state index is 0.0967. The number of aromatic nitrogens is 1. The fourth-order valence-electron chi connectivity index (χ4n) is 2.77. The summed E-state index contributed by atoms with van der Waals surface area (Å²) in [5.74, 6) is -1.61. The predicted molar refractivity (Wildman–Crippen MR) is 106 cm³/mol. The quantitative estimate of drug-likeness (QED) is 0.375. The van der Waals surface area contributed by atoms with Gasteiger partial charge >= 0.3 is 12.0 Å². The molecule has 158 valence electrons. The monoisotopic (exact) mass is 424 g/mol. The largest absolute Gasteiger partial charge is 0.451 e. The third-order valence-electron chi connectivity index (χ3n) is 4.55. The van der Waals surface area contributed by atoms with E-state index in [1.807, 2.05) is 13.8 Å². The summed E-state index contributed by atoms with van der Waals surface area (Å²) >= 11 is 5.87. The minimum atomic E-state index is -1.16. The van der Waals surface area contributed by atoms with E-state index in [-0.39, 0.29) is 10.8 Å². The maximum atomic E-state index is 12.6. The van der Waals surface area contributed by atoms with Crippen LogP contribution in [0.5, 0.6) is 0 Å². The number of nitrogens with one attached hydrogen (secondary N) is 2. The van der Waals surface area contributed by atoms with E-state index in [1.54, 1.807) is 19.1 Å². The minimum Gasteiger partial charge on any atom is -0.451 e. The molecule has 1 fully saturated rings. The topological polar surface area (TPSA) is 118 Å². The molecule has 0 spiro atoms. The van der Waals surface area contributed by atoms with Crippen molar-refractivity contribution in [3.63, 3.8) is 0 Å². The highest BCUT2D eigenvalue weighted by Gasteiger charge is 2.48. The molecular formula is C19H25ClN4O5.